The Balaban J connectivity index is 1.41. The molecule has 0 bridgehead atoms. The number of nitrogens with zero attached hydrogens (tertiary/aromatic N) is 5. The number of methoxy groups -OCH3 is 1. The molecule has 0 radical (unpaired) electrons. The predicted molar refractivity (Wildman–Crippen MR) is 158 cm³/mol. The Morgan fingerprint density at radius 3 is 2.41 bits per heavy atom. The zero-order valence-electron chi connectivity index (χ0n) is 22.5. The quantitative estimate of drug-likeness (QED) is 0.154. The van der Waals surface area contributed by atoms with E-state index in [1.165, 1.54) is 31.4 Å². The predicted octanol–water partition coefficient (Wildman–Crippen LogP) is 4.94. The Morgan fingerprint density at radius 2 is 1.76 bits per heavy atom. The van der Waals surface area contributed by atoms with Crippen LogP contribution in [-0.4, -0.2) is 49.5 Å². The Bertz CT molecular complexity index is 1680. The second-order valence-corrected chi connectivity index (χ2v) is 11.1. The monoisotopic (exact) mass is 575 g/mol. The van der Waals surface area contributed by atoms with Crippen molar-refractivity contribution in [2.75, 3.05) is 35.2 Å². The first-order valence-electron chi connectivity index (χ1n) is 12.9. The van der Waals surface area contributed by atoms with Crippen molar-refractivity contribution in [3.63, 3.8) is 0 Å². The molecule has 2 heterocycles. The molecule has 0 aliphatic carbocycles. The maximum atomic E-state index is 12.9. The minimum atomic E-state index is -4.09. The molecule has 0 unspecified atom stereocenters. The highest BCUT2D eigenvalue weighted by atomic mass is 32.2. The van der Waals surface area contributed by atoms with E-state index in [0.717, 1.165) is 54.8 Å². The highest BCUT2D eigenvalue weighted by Gasteiger charge is 2.24. The Hall–Kier alpha value is -4.91. The van der Waals surface area contributed by atoms with Gasteiger partial charge in [-0.05, 0) is 68.3 Å². The summed E-state index contributed by atoms with van der Waals surface area (Å²) < 4.78 is 35.3. The van der Waals surface area contributed by atoms with Gasteiger partial charge in [0.1, 0.15) is 17.3 Å². The number of nitrogens with one attached hydrogen (secondary N) is 2. The summed E-state index contributed by atoms with van der Waals surface area (Å²) in [7, 11) is -2.59. The minimum absolute atomic E-state index is 0.0467. The molecule has 4 aromatic rings. The molecule has 0 saturated carbocycles. The number of rotatable bonds is 10. The van der Waals surface area contributed by atoms with Crippen molar-refractivity contribution in [1.82, 2.24) is 9.78 Å². The van der Waals surface area contributed by atoms with Gasteiger partial charge in [-0.15, -0.1) is 0 Å². The number of para-hydroxylation sites is 1. The fourth-order valence-corrected chi connectivity index (χ4v) is 5.70. The molecule has 12 nitrogen and oxygen atoms in total. The molecule has 0 spiro atoms. The fourth-order valence-electron chi connectivity index (χ4n) is 4.62. The first-order valence-corrected chi connectivity index (χ1v) is 14.4. The molecule has 0 atom stereocenters. The molecule has 13 heteroatoms. The summed E-state index contributed by atoms with van der Waals surface area (Å²) in [6.07, 6.45) is 3.74. The van der Waals surface area contributed by atoms with E-state index in [4.69, 9.17) is 9.84 Å². The molecule has 212 valence electrons. The lowest BCUT2D eigenvalue weighted by atomic mass is 10.2. The standard InChI is InChI=1S/C28H29N7O5S/c1-20-25(28(33-16-6-7-17-33)34(31-20)22-8-4-3-5-9-22)19-29-30-26-15-14-24(18-27(26)35(36)37)41(38,39)32-21-10-12-23(40-2)13-11-21/h3-5,8-15,18-19,30,32H,6-7,16-17H2,1-2H3/b29-19+. The van der Waals surface area contributed by atoms with Gasteiger partial charge in [-0.2, -0.15) is 10.2 Å². The van der Waals surface area contributed by atoms with E-state index in [0.29, 0.717) is 11.4 Å². The fraction of sp³-hybridized carbons (Fsp3) is 0.214. The molecule has 1 fully saturated rings. The van der Waals surface area contributed by atoms with Crippen molar-refractivity contribution in [3.8, 4) is 11.4 Å². The van der Waals surface area contributed by atoms with Crippen molar-refractivity contribution in [2.45, 2.75) is 24.7 Å². The third-order valence-corrected chi connectivity index (χ3v) is 8.06. The summed E-state index contributed by atoms with van der Waals surface area (Å²) >= 11 is 0. The van der Waals surface area contributed by atoms with Crippen molar-refractivity contribution in [1.29, 1.82) is 0 Å². The summed E-state index contributed by atoms with van der Waals surface area (Å²) in [5, 5.41) is 20.9. The van der Waals surface area contributed by atoms with Gasteiger partial charge in [0.15, 0.2) is 0 Å². The van der Waals surface area contributed by atoms with Gasteiger partial charge in [-0.1, -0.05) is 18.2 Å². The Labute approximate surface area is 237 Å². The third-order valence-electron chi connectivity index (χ3n) is 6.68. The molecule has 5 rings (SSSR count). The van der Waals surface area contributed by atoms with Gasteiger partial charge in [0.2, 0.25) is 0 Å². The van der Waals surface area contributed by atoms with E-state index >= 15 is 0 Å². The van der Waals surface area contributed by atoms with Crippen LogP contribution in [0.3, 0.4) is 0 Å². The van der Waals surface area contributed by atoms with Crippen LogP contribution in [0.25, 0.3) is 5.69 Å². The molecule has 1 aliphatic heterocycles. The largest absolute Gasteiger partial charge is 0.497 e. The molecule has 41 heavy (non-hydrogen) atoms. The number of aromatic nitrogens is 2. The summed E-state index contributed by atoms with van der Waals surface area (Å²) in [5.74, 6) is 1.46. The summed E-state index contributed by atoms with van der Waals surface area (Å²) in [4.78, 5) is 13.2. The molecule has 1 aliphatic rings. The van der Waals surface area contributed by atoms with Crippen LogP contribution in [0.5, 0.6) is 5.75 Å². The lowest BCUT2D eigenvalue weighted by Gasteiger charge is -2.20. The first-order chi connectivity index (χ1) is 19.8. The number of nitro groups is 1. The lowest BCUT2D eigenvalue weighted by molar-refractivity contribution is -0.384. The van der Waals surface area contributed by atoms with E-state index in [2.05, 4.69) is 20.1 Å². The number of hydrogen-bond acceptors (Lipinski definition) is 9. The smallest absolute Gasteiger partial charge is 0.295 e. The van der Waals surface area contributed by atoms with Gasteiger partial charge in [0.25, 0.3) is 15.7 Å². The van der Waals surface area contributed by atoms with E-state index in [1.54, 1.807) is 18.3 Å². The van der Waals surface area contributed by atoms with Crippen molar-refractivity contribution < 1.29 is 18.1 Å². The highest BCUT2D eigenvalue weighted by molar-refractivity contribution is 7.92. The summed E-state index contributed by atoms with van der Waals surface area (Å²) in [6.45, 7) is 3.66. The van der Waals surface area contributed by atoms with E-state index in [-0.39, 0.29) is 10.6 Å². The zero-order valence-corrected chi connectivity index (χ0v) is 23.3. The van der Waals surface area contributed by atoms with Crippen LogP contribution in [0.15, 0.2) is 82.8 Å². The van der Waals surface area contributed by atoms with E-state index in [1.807, 2.05) is 41.9 Å². The number of hydrogen-bond donors (Lipinski definition) is 2. The summed E-state index contributed by atoms with van der Waals surface area (Å²) in [6, 6.07) is 19.7. The van der Waals surface area contributed by atoms with Crippen LogP contribution in [0.2, 0.25) is 0 Å². The number of aryl methyl sites for hydroxylation is 1. The number of nitro benzene ring substituents is 1. The van der Waals surface area contributed by atoms with Gasteiger partial charge in [-0.3, -0.25) is 20.3 Å². The van der Waals surface area contributed by atoms with Crippen molar-refractivity contribution in [3.05, 3.63) is 94.2 Å². The summed E-state index contributed by atoms with van der Waals surface area (Å²) in [5.41, 5.74) is 5.08. The highest BCUT2D eigenvalue weighted by Crippen LogP contribution is 2.31. The number of anilines is 3. The lowest BCUT2D eigenvalue weighted by Crippen LogP contribution is -2.22. The van der Waals surface area contributed by atoms with Crippen LogP contribution >= 0.6 is 0 Å². The molecule has 1 aromatic heterocycles. The topological polar surface area (TPSA) is 144 Å². The van der Waals surface area contributed by atoms with Gasteiger partial charge < -0.3 is 9.64 Å². The molecule has 2 N–H and O–H groups in total. The Morgan fingerprint density at radius 1 is 1.05 bits per heavy atom. The second-order valence-electron chi connectivity index (χ2n) is 9.40. The van der Waals surface area contributed by atoms with Crippen molar-refractivity contribution >= 4 is 39.1 Å². The number of hydrazone groups is 1. The van der Waals surface area contributed by atoms with Gasteiger partial charge >= 0.3 is 0 Å². The van der Waals surface area contributed by atoms with Crippen LogP contribution in [-0.2, 0) is 10.0 Å². The maximum Gasteiger partial charge on any atom is 0.295 e. The maximum absolute atomic E-state index is 12.9. The number of ether oxygens (including phenoxy) is 1. The number of benzene rings is 3. The first kappa shape index (κ1) is 27.6. The average Bonchev–Trinajstić information content (AvgIpc) is 3.62. The molecule has 0 amide bonds. The van der Waals surface area contributed by atoms with Gasteiger partial charge in [0, 0.05) is 24.8 Å². The Kier molecular flexibility index (Phi) is 7.88. The molecular formula is C28H29N7O5S. The SMILES string of the molecule is COc1ccc(NS(=O)(=O)c2ccc(N/N=C/c3c(C)nn(-c4ccccc4)c3N3CCCC3)c([N+](=O)[O-])c2)cc1. The second kappa shape index (κ2) is 11.7. The molecule has 3 aromatic carbocycles. The normalized spacial score (nSPS) is 13.5. The molecular weight excluding hydrogens is 546 g/mol. The zero-order chi connectivity index (χ0) is 29.0. The third kappa shape index (κ3) is 5.99. The van der Waals surface area contributed by atoms with Crippen LogP contribution in [0.4, 0.5) is 22.9 Å². The molecule has 1 saturated heterocycles. The van der Waals surface area contributed by atoms with Crippen LogP contribution in [0, 0.1) is 17.0 Å². The van der Waals surface area contributed by atoms with Crippen LogP contribution in [0.1, 0.15) is 24.1 Å². The minimum Gasteiger partial charge on any atom is -0.497 e. The van der Waals surface area contributed by atoms with Crippen LogP contribution < -0.4 is 19.8 Å². The van der Waals surface area contributed by atoms with E-state index < -0.39 is 20.6 Å². The van der Waals surface area contributed by atoms with E-state index in [9.17, 15) is 18.5 Å². The average molecular weight is 576 g/mol. The van der Waals surface area contributed by atoms with Crippen molar-refractivity contribution in [2.24, 2.45) is 5.10 Å². The van der Waals surface area contributed by atoms with Gasteiger partial charge in [0.05, 0.1) is 40.1 Å². The van der Waals surface area contributed by atoms with Gasteiger partial charge in [-0.25, -0.2) is 13.1 Å². The number of sulfonamides is 1.